The highest BCUT2D eigenvalue weighted by Gasteiger charge is 2.56. The van der Waals surface area contributed by atoms with Gasteiger partial charge in [0.25, 0.3) is 0 Å². The van der Waals surface area contributed by atoms with Crippen LogP contribution in [0, 0.1) is 5.41 Å². The van der Waals surface area contributed by atoms with E-state index in [0.717, 1.165) is 12.4 Å². The summed E-state index contributed by atoms with van der Waals surface area (Å²) in [6.07, 6.45) is 1.92. The number of hydrogen-bond donors (Lipinski definition) is 0. The van der Waals surface area contributed by atoms with Crippen LogP contribution in [-0.4, -0.2) is 18.8 Å². The lowest BCUT2D eigenvalue weighted by Crippen LogP contribution is -2.37. The van der Waals surface area contributed by atoms with Crippen LogP contribution in [-0.2, 0) is 4.74 Å². The average molecular weight is 253 g/mol. The predicted octanol–water partition coefficient (Wildman–Crippen LogP) is 3.70. The third-order valence-electron chi connectivity index (χ3n) is 3.46. The number of benzene rings is 1. The quantitative estimate of drug-likeness (QED) is 0.589. The molecule has 2 rings (SSSR count). The van der Waals surface area contributed by atoms with E-state index in [1.807, 2.05) is 30.3 Å². The molecular formula is C14H17ClO2. The molecule has 2 nitrogen and oxygen atoms in total. The van der Waals surface area contributed by atoms with Crippen molar-refractivity contribution in [3.63, 3.8) is 0 Å². The second kappa shape index (κ2) is 4.35. The molecule has 0 aromatic heterocycles. The predicted molar refractivity (Wildman–Crippen MR) is 69.6 cm³/mol. The molecule has 1 atom stereocenters. The first-order valence-corrected chi connectivity index (χ1v) is 6.03. The van der Waals surface area contributed by atoms with Crippen LogP contribution in [0.5, 0.6) is 5.75 Å². The highest BCUT2D eigenvalue weighted by atomic mass is 35.5. The van der Waals surface area contributed by atoms with Crippen molar-refractivity contribution in [2.45, 2.75) is 19.4 Å². The molecule has 92 valence electrons. The van der Waals surface area contributed by atoms with Gasteiger partial charge in [-0.2, -0.15) is 0 Å². The molecule has 1 aliphatic rings. The van der Waals surface area contributed by atoms with Gasteiger partial charge >= 0.3 is 0 Å². The number of ether oxygens (including phenoxy) is 2. The zero-order chi connectivity index (χ0) is 12.5. The third kappa shape index (κ3) is 2.48. The lowest BCUT2D eigenvalue weighted by atomic mass is 9.79. The molecule has 0 N–H and O–H groups in total. The zero-order valence-corrected chi connectivity index (χ0v) is 11.0. The highest BCUT2D eigenvalue weighted by molar-refractivity contribution is 6.30. The fourth-order valence-electron chi connectivity index (χ4n) is 1.65. The van der Waals surface area contributed by atoms with Crippen molar-refractivity contribution in [1.29, 1.82) is 0 Å². The van der Waals surface area contributed by atoms with E-state index in [-0.39, 0.29) is 11.0 Å². The molecule has 1 aromatic carbocycles. The Morgan fingerprint density at radius 1 is 1.47 bits per heavy atom. The third-order valence-corrected chi connectivity index (χ3v) is 3.71. The van der Waals surface area contributed by atoms with Gasteiger partial charge in [-0.1, -0.05) is 31.5 Å². The van der Waals surface area contributed by atoms with Gasteiger partial charge in [0.15, 0.2) is 0 Å². The Morgan fingerprint density at radius 2 is 2.06 bits per heavy atom. The summed E-state index contributed by atoms with van der Waals surface area (Å²) in [6.45, 7) is 9.33. The standard InChI is InChI=1S/C14H17ClO2/c1-4-13(2,3)14(10-17-14)9-16-12-7-5-11(15)6-8-12/h4-8H,1,9-10H2,2-3H3. The van der Waals surface area contributed by atoms with Gasteiger partial charge < -0.3 is 9.47 Å². The first kappa shape index (κ1) is 12.5. The SMILES string of the molecule is C=CC(C)(C)C1(COc2ccc(Cl)cc2)CO1. The summed E-state index contributed by atoms with van der Waals surface area (Å²) in [5, 5.41) is 0.709. The van der Waals surface area contributed by atoms with Gasteiger partial charge in [0, 0.05) is 10.4 Å². The van der Waals surface area contributed by atoms with Crippen molar-refractivity contribution in [2.24, 2.45) is 5.41 Å². The van der Waals surface area contributed by atoms with E-state index in [2.05, 4.69) is 20.4 Å². The maximum atomic E-state index is 5.82. The summed E-state index contributed by atoms with van der Waals surface area (Å²) < 4.78 is 11.3. The summed E-state index contributed by atoms with van der Waals surface area (Å²) in [6, 6.07) is 7.35. The second-order valence-electron chi connectivity index (χ2n) is 4.95. The van der Waals surface area contributed by atoms with E-state index < -0.39 is 0 Å². The Kier molecular flexibility index (Phi) is 3.19. The van der Waals surface area contributed by atoms with Crippen LogP contribution < -0.4 is 4.74 Å². The van der Waals surface area contributed by atoms with Crippen molar-refractivity contribution in [3.05, 3.63) is 41.9 Å². The van der Waals surface area contributed by atoms with Crippen LogP contribution >= 0.6 is 11.6 Å². The minimum Gasteiger partial charge on any atom is -0.490 e. The maximum absolute atomic E-state index is 5.82. The minimum atomic E-state index is -0.228. The van der Waals surface area contributed by atoms with Gasteiger partial charge in [-0.15, -0.1) is 6.58 Å². The summed E-state index contributed by atoms with van der Waals surface area (Å²) >= 11 is 5.82. The molecule has 1 heterocycles. The van der Waals surface area contributed by atoms with Gasteiger partial charge in [0.1, 0.15) is 18.0 Å². The summed E-state index contributed by atoms with van der Waals surface area (Å²) in [4.78, 5) is 0. The molecule has 0 aliphatic carbocycles. The van der Waals surface area contributed by atoms with Crippen molar-refractivity contribution in [2.75, 3.05) is 13.2 Å². The Bertz CT molecular complexity index is 405. The van der Waals surface area contributed by atoms with Crippen molar-refractivity contribution in [3.8, 4) is 5.75 Å². The fourth-order valence-corrected chi connectivity index (χ4v) is 1.77. The van der Waals surface area contributed by atoms with E-state index in [1.54, 1.807) is 0 Å². The van der Waals surface area contributed by atoms with Crippen molar-refractivity contribution >= 4 is 11.6 Å². The van der Waals surface area contributed by atoms with Gasteiger partial charge in [0.2, 0.25) is 0 Å². The summed E-state index contributed by atoms with van der Waals surface area (Å²) in [7, 11) is 0. The maximum Gasteiger partial charge on any atom is 0.134 e. The minimum absolute atomic E-state index is 0.0839. The molecule has 17 heavy (non-hydrogen) atoms. The Labute approximate surface area is 107 Å². The Balaban J connectivity index is 1.99. The van der Waals surface area contributed by atoms with Crippen LogP contribution in [0.4, 0.5) is 0 Å². The second-order valence-corrected chi connectivity index (χ2v) is 5.39. The topological polar surface area (TPSA) is 21.8 Å². The van der Waals surface area contributed by atoms with Crippen LogP contribution in [0.15, 0.2) is 36.9 Å². The van der Waals surface area contributed by atoms with Gasteiger partial charge in [-0.05, 0) is 24.3 Å². The molecule has 1 aromatic rings. The van der Waals surface area contributed by atoms with Crippen LogP contribution in [0.2, 0.25) is 5.02 Å². The average Bonchev–Trinajstić information content (AvgIpc) is 3.10. The first-order valence-electron chi connectivity index (χ1n) is 5.65. The lowest BCUT2D eigenvalue weighted by Gasteiger charge is -2.28. The number of halogens is 1. The normalized spacial score (nSPS) is 23.2. The Morgan fingerprint density at radius 3 is 2.53 bits per heavy atom. The van der Waals surface area contributed by atoms with Crippen molar-refractivity contribution < 1.29 is 9.47 Å². The molecule has 0 radical (unpaired) electrons. The molecular weight excluding hydrogens is 236 g/mol. The summed E-state index contributed by atoms with van der Waals surface area (Å²) in [5.41, 5.74) is -0.312. The van der Waals surface area contributed by atoms with E-state index in [4.69, 9.17) is 21.1 Å². The lowest BCUT2D eigenvalue weighted by molar-refractivity contribution is 0.111. The monoisotopic (exact) mass is 252 g/mol. The first-order chi connectivity index (χ1) is 7.99. The van der Waals surface area contributed by atoms with Gasteiger partial charge in [-0.3, -0.25) is 0 Å². The number of epoxide rings is 1. The number of rotatable bonds is 5. The molecule has 3 heteroatoms. The molecule has 0 saturated carbocycles. The van der Waals surface area contributed by atoms with Crippen molar-refractivity contribution in [1.82, 2.24) is 0 Å². The van der Waals surface area contributed by atoms with Crippen LogP contribution in [0.1, 0.15) is 13.8 Å². The molecule has 0 bridgehead atoms. The molecule has 1 unspecified atom stereocenters. The van der Waals surface area contributed by atoms with E-state index in [0.29, 0.717) is 11.6 Å². The smallest absolute Gasteiger partial charge is 0.134 e. The molecule has 1 aliphatic heterocycles. The zero-order valence-electron chi connectivity index (χ0n) is 10.2. The highest BCUT2D eigenvalue weighted by Crippen LogP contribution is 2.45. The van der Waals surface area contributed by atoms with Crippen LogP contribution in [0.3, 0.4) is 0 Å². The largest absolute Gasteiger partial charge is 0.490 e. The van der Waals surface area contributed by atoms with Gasteiger partial charge in [0.05, 0.1) is 6.61 Å². The fraction of sp³-hybridized carbons (Fsp3) is 0.429. The van der Waals surface area contributed by atoms with Gasteiger partial charge in [-0.25, -0.2) is 0 Å². The van der Waals surface area contributed by atoms with E-state index >= 15 is 0 Å². The van der Waals surface area contributed by atoms with Crippen LogP contribution in [0.25, 0.3) is 0 Å². The Hall–Kier alpha value is -0.990. The molecule has 0 spiro atoms. The molecule has 1 fully saturated rings. The number of hydrogen-bond acceptors (Lipinski definition) is 2. The van der Waals surface area contributed by atoms with E-state index in [1.165, 1.54) is 0 Å². The molecule has 1 saturated heterocycles. The summed E-state index contributed by atoms with van der Waals surface area (Å²) in [5.74, 6) is 0.809. The molecule has 0 amide bonds. The van der Waals surface area contributed by atoms with E-state index in [9.17, 15) is 0 Å².